The van der Waals surface area contributed by atoms with E-state index in [0.29, 0.717) is 24.7 Å². The van der Waals surface area contributed by atoms with E-state index in [-0.39, 0.29) is 0 Å². The molecule has 3 rings (SSSR count). The summed E-state index contributed by atoms with van der Waals surface area (Å²) >= 11 is 1.71. The van der Waals surface area contributed by atoms with Crippen LogP contribution < -0.4 is 20.1 Å². The lowest BCUT2D eigenvalue weighted by Crippen LogP contribution is -2.36. The number of hydrogen-bond acceptors (Lipinski definition) is 6. The van der Waals surface area contributed by atoms with E-state index < -0.39 is 0 Å². The molecule has 0 aliphatic carbocycles. The number of pyridine rings is 1. The smallest absolute Gasteiger partial charge is 0.219 e. The summed E-state index contributed by atoms with van der Waals surface area (Å²) in [4.78, 5) is 14.8. The van der Waals surface area contributed by atoms with Crippen LogP contribution in [0.1, 0.15) is 28.1 Å². The lowest BCUT2D eigenvalue weighted by molar-refractivity contribution is 0.407. The summed E-state index contributed by atoms with van der Waals surface area (Å²) < 4.78 is 11.0. The van der Waals surface area contributed by atoms with Crippen molar-refractivity contribution in [2.75, 3.05) is 13.7 Å². The molecule has 0 bridgehead atoms. The number of benzene rings is 1. The van der Waals surface area contributed by atoms with Gasteiger partial charge in [-0.05, 0) is 38.5 Å². The van der Waals surface area contributed by atoms with Crippen LogP contribution >= 0.6 is 11.3 Å². The molecule has 0 saturated carbocycles. The van der Waals surface area contributed by atoms with E-state index >= 15 is 0 Å². The Kier molecular flexibility index (Phi) is 7.62. The maximum atomic E-state index is 5.78. The second-order valence-corrected chi connectivity index (χ2v) is 7.87. The van der Waals surface area contributed by atoms with Gasteiger partial charge in [-0.2, -0.15) is 0 Å². The highest BCUT2D eigenvalue weighted by Gasteiger charge is 2.05. The fraction of sp³-hybridized carbons (Fsp3) is 0.318. The number of methoxy groups -OCH3 is 1. The maximum absolute atomic E-state index is 5.78. The highest BCUT2D eigenvalue weighted by atomic mass is 32.1. The van der Waals surface area contributed by atoms with Crippen molar-refractivity contribution < 1.29 is 9.47 Å². The largest absolute Gasteiger partial charge is 0.497 e. The molecule has 0 atom stereocenters. The van der Waals surface area contributed by atoms with Gasteiger partial charge in [0.1, 0.15) is 16.5 Å². The van der Waals surface area contributed by atoms with Crippen LogP contribution in [0.5, 0.6) is 17.4 Å². The van der Waals surface area contributed by atoms with Crippen LogP contribution in [0.4, 0.5) is 0 Å². The summed E-state index contributed by atoms with van der Waals surface area (Å²) in [5.74, 6) is 2.69. The van der Waals surface area contributed by atoms with Crippen molar-refractivity contribution in [2.45, 2.75) is 33.9 Å². The van der Waals surface area contributed by atoms with Crippen molar-refractivity contribution in [2.24, 2.45) is 4.99 Å². The Morgan fingerprint density at radius 2 is 1.97 bits per heavy atom. The summed E-state index contributed by atoms with van der Waals surface area (Å²) in [6.45, 7) is 8.11. The Balaban J connectivity index is 1.58. The van der Waals surface area contributed by atoms with Gasteiger partial charge in [0.25, 0.3) is 0 Å². The zero-order valence-corrected chi connectivity index (χ0v) is 18.5. The van der Waals surface area contributed by atoms with Crippen LogP contribution in [0.25, 0.3) is 0 Å². The highest BCUT2D eigenvalue weighted by Crippen LogP contribution is 2.23. The molecule has 2 aromatic heterocycles. The predicted octanol–water partition coefficient (Wildman–Crippen LogP) is 4.21. The molecule has 1 aromatic carbocycles. The van der Waals surface area contributed by atoms with E-state index in [4.69, 9.17) is 9.47 Å². The fourth-order valence-electron chi connectivity index (χ4n) is 2.64. The number of thiazole rings is 1. The third-order valence-electron chi connectivity index (χ3n) is 4.31. The van der Waals surface area contributed by atoms with Crippen LogP contribution in [0.15, 0.2) is 47.6 Å². The Hall–Kier alpha value is -3.13. The van der Waals surface area contributed by atoms with E-state index in [0.717, 1.165) is 34.5 Å². The van der Waals surface area contributed by atoms with Gasteiger partial charge in [-0.1, -0.05) is 12.1 Å². The number of aromatic nitrogens is 2. The maximum Gasteiger partial charge on any atom is 0.219 e. The molecule has 0 saturated heterocycles. The summed E-state index contributed by atoms with van der Waals surface area (Å²) in [6.07, 6.45) is 1.77. The second kappa shape index (κ2) is 10.6. The van der Waals surface area contributed by atoms with Crippen LogP contribution in [0.2, 0.25) is 0 Å². The van der Waals surface area contributed by atoms with Crippen molar-refractivity contribution in [3.05, 3.63) is 63.7 Å². The minimum Gasteiger partial charge on any atom is -0.497 e. The average Bonchev–Trinajstić information content (AvgIpc) is 3.08. The second-order valence-electron chi connectivity index (χ2n) is 6.58. The first kappa shape index (κ1) is 21.6. The minimum absolute atomic E-state index is 0.512. The first-order valence-corrected chi connectivity index (χ1v) is 10.6. The van der Waals surface area contributed by atoms with Crippen molar-refractivity contribution >= 4 is 17.3 Å². The number of ether oxygens (including phenoxy) is 2. The van der Waals surface area contributed by atoms with Gasteiger partial charge in [0, 0.05) is 29.8 Å². The van der Waals surface area contributed by atoms with Crippen LogP contribution in [-0.2, 0) is 13.1 Å². The van der Waals surface area contributed by atoms with E-state index in [1.165, 1.54) is 4.88 Å². The lowest BCUT2D eigenvalue weighted by atomic mass is 10.3. The molecule has 0 amide bonds. The third kappa shape index (κ3) is 6.18. The molecule has 8 heteroatoms. The van der Waals surface area contributed by atoms with Crippen molar-refractivity contribution in [3.8, 4) is 17.4 Å². The molecule has 2 N–H and O–H groups in total. The summed E-state index contributed by atoms with van der Waals surface area (Å²) in [6, 6.07) is 11.2. The van der Waals surface area contributed by atoms with Gasteiger partial charge < -0.3 is 20.1 Å². The minimum atomic E-state index is 0.512. The zero-order chi connectivity index (χ0) is 21.3. The van der Waals surface area contributed by atoms with Crippen molar-refractivity contribution in [3.63, 3.8) is 0 Å². The number of nitrogens with zero attached hydrogens (tertiary/aromatic N) is 3. The molecule has 158 valence electrons. The summed E-state index contributed by atoms with van der Waals surface area (Å²) in [7, 11) is 1.63. The SMILES string of the molecule is CCNC(=NCc1ccc(Oc2cccc(OC)c2)nc1)NCc1nc(C)c(C)s1. The highest BCUT2D eigenvalue weighted by molar-refractivity contribution is 7.11. The molecular weight excluding hydrogens is 398 g/mol. The Labute approximate surface area is 181 Å². The predicted molar refractivity (Wildman–Crippen MR) is 121 cm³/mol. The number of hydrogen-bond donors (Lipinski definition) is 2. The molecular formula is C22H27N5O2S. The standard InChI is InChI=1S/C22H27N5O2S/c1-5-23-22(26-14-21-27-15(2)16(3)30-21)25-13-17-9-10-20(24-12-17)29-19-8-6-7-18(11-19)28-4/h6-12H,5,13-14H2,1-4H3,(H2,23,25,26). The Morgan fingerprint density at radius 3 is 2.63 bits per heavy atom. The molecule has 2 heterocycles. The van der Waals surface area contributed by atoms with Gasteiger partial charge in [0.2, 0.25) is 5.88 Å². The van der Waals surface area contributed by atoms with E-state index in [1.807, 2.05) is 50.2 Å². The first-order chi connectivity index (χ1) is 14.6. The Morgan fingerprint density at radius 1 is 1.13 bits per heavy atom. The molecule has 3 aromatic rings. The summed E-state index contributed by atoms with van der Waals surface area (Å²) in [5.41, 5.74) is 2.08. The average molecular weight is 426 g/mol. The van der Waals surface area contributed by atoms with Crippen molar-refractivity contribution in [1.29, 1.82) is 0 Å². The number of rotatable bonds is 8. The van der Waals surface area contributed by atoms with Crippen LogP contribution in [0, 0.1) is 13.8 Å². The normalized spacial score (nSPS) is 11.3. The molecule has 0 aliphatic heterocycles. The topological polar surface area (TPSA) is 80.7 Å². The number of aryl methyl sites for hydroxylation is 2. The summed E-state index contributed by atoms with van der Waals surface area (Å²) in [5, 5.41) is 7.64. The molecule has 30 heavy (non-hydrogen) atoms. The Bertz CT molecular complexity index is 966. The van der Waals surface area contributed by atoms with E-state index in [2.05, 4.69) is 32.5 Å². The van der Waals surface area contributed by atoms with E-state index in [9.17, 15) is 0 Å². The van der Waals surface area contributed by atoms with Gasteiger partial charge in [-0.3, -0.25) is 0 Å². The van der Waals surface area contributed by atoms with Crippen LogP contribution in [0.3, 0.4) is 0 Å². The van der Waals surface area contributed by atoms with Crippen molar-refractivity contribution in [1.82, 2.24) is 20.6 Å². The number of nitrogens with one attached hydrogen (secondary N) is 2. The molecule has 0 unspecified atom stereocenters. The van der Waals surface area contributed by atoms with Gasteiger partial charge in [0.05, 0.1) is 25.9 Å². The molecule has 0 fully saturated rings. The monoisotopic (exact) mass is 425 g/mol. The quantitative estimate of drug-likeness (QED) is 0.416. The molecule has 0 radical (unpaired) electrons. The number of guanidine groups is 1. The zero-order valence-electron chi connectivity index (χ0n) is 17.7. The molecule has 0 spiro atoms. The van der Waals surface area contributed by atoms with Gasteiger partial charge in [-0.15, -0.1) is 11.3 Å². The van der Waals surface area contributed by atoms with Gasteiger partial charge in [-0.25, -0.2) is 15.0 Å². The third-order valence-corrected chi connectivity index (χ3v) is 5.38. The first-order valence-electron chi connectivity index (χ1n) is 9.79. The van der Waals surface area contributed by atoms with E-state index in [1.54, 1.807) is 24.6 Å². The molecule has 0 aliphatic rings. The molecule has 7 nitrogen and oxygen atoms in total. The van der Waals surface area contributed by atoms with Gasteiger partial charge >= 0.3 is 0 Å². The fourth-order valence-corrected chi connectivity index (χ4v) is 3.51. The van der Waals surface area contributed by atoms with Crippen LogP contribution in [-0.4, -0.2) is 29.6 Å². The van der Waals surface area contributed by atoms with Gasteiger partial charge in [0.15, 0.2) is 5.96 Å². The number of aliphatic imine (C=N–C) groups is 1. The lowest BCUT2D eigenvalue weighted by Gasteiger charge is -2.10.